The molecule has 8 heteroatoms. The highest BCUT2D eigenvalue weighted by atomic mass is 16.5. The number of nitrogens with zero attached hydrogens (tertiary/aromatic N) is 4. The van der Waals surface area contributed by atoms with E-state index in [-0.39, 0.29) is 24.5 Å². The molecule has 0 bridgehead atoms. The number of benzene rings is 1. The second-order valence-electron chi connectivity index (χ2n) is 6.67. The summed E-state index contributed by atoms with van der Waals surface area (Å²) in [6, 6.07) is 9.28. The minimum Gasteiger partial charge on any atom is -0.497 e. The number of carbonyl (C=O) groups excluding carboxylic acids is 2. The molecule has 2 fully saturated rings. The van der Waals surface area contributed by atoms with Crippen molar-refractivity contribution in [1.82, 2.24) is 15.1 Å². The first-order valence-corrected chi connectivity index (χ1v) is 9.24. The number of nitrogens with one attached hydrogen (secondary N) is 1. The van der Waals surface area contributed by atoms with Crippen LogP contribution in [-0.2, 0) is 4.79 Å². The lowest BCUT2D eigenvalue weighted by atomic mass is 10.2. The Morgan fingerprint density at radius 1 is 1.30 bits per heavy atom. The van der Waals surface area contributed by atoms with Crippen LogP contribution in [0.15, 0.2) is 24.3 Å². The number of amides is 3. The van der Waals surface area contributed by atoms with Crippen molar-refractivity contribution >= 4 is 17.6 Å². The molecule has 1 N–H and O–H groups in total. The Balaban J connectivity index is 1.42. The van der Waals surface area contributed by atoms with Crippen LogP contribution in [0.2, 0.25) is 0 Å². The first-order chi connectivity index (χ1) is 13.1. The van der Waals surface area contributed by atoms with Gasteiger partial charge in [0.05, 0.1) is 19.7 Å². The first-order valence-electron chi connectivity index (χ1n) is 9.24. The monoisotopic (exact) mass is 371 g/mol. The van der Waals surface area contributed by atoms with Gasteiger partial charge in [-0.2, -0.15) is 5.26 Å². The summed E-state index contributed by atoms with van der Waals surface area (Å²) >= 11 is 0. The Labute approximate surface area is 159 Å². The Morgan fingerprint density at radius 3 is 2.78 bits per heavy atom. The molecule has 0 aliphatic carbocycles. The second-order valence-corrected chi connectivity index (χ2v) is 6.67. The minimum absolute atomic E-state index is 0.0302. The van der Waals surface area contributed by atoms with Gasteiger partial charge in [-0.25, -0.2) is 4.79 Å². The van der Waals surface area contributed by atoms with E-state index in [2.05, 4.69) is 11.4 Å². The van der Waals surface area contributed by atoms with E-state index in [0.29, 0.717) is 32.7 Å². The van der Waals surface area contributed by atoms with Crippen molar-refractivity contribution in [2.45, 2.75) is 18.9 Å². The number of hydrogen-bond acceptors (Lipinski definition) is 5. The summed E-state index contributed by atoms with van der Waals surface area (Å²) in [5.74, 6) is 0.708. The Bertz CT molecular complexity index is 715. The molecule has 0 radical (unpaired) electrons. The second kappa shape index (κ2) is 8.73. The number of urea groups is 1. The topological polar surface area (TPSA) is 88.9 Å². The molecule has 27 heavy (non-hydrogen) atoms. The van der Waals surface area contributed by atoms with E-state index >= 15 is 0 Å². The van der Waals surface area contributed by atoms with Crippen molar-refractivity contribution in [2.24, 2.45) is 0 Å². The van der Waals surface area contributed by atoms with Gasteiger partial charge in [-0.15, -0.1) is 0 Å². The van der Waals surface area contributed by atoms with Gasteiger partial charge in [-0.3, -0.25) is 9.69 Å². The average molecular weight is 371 g/mol. The third kappa shape index (κ3) is 4.31. The molecule has 144 valence electrons. The van der Waals surface area contributed by atoms with Gasteiger partial charge in [0.25, 0.3) is 0 Å². The highest BCUT2D eigenvalue weighted by Gasteiger charge is 2.30. The van der Waals surface area contributed by atoms with Crippen LogP contribution in [-0.4, -0.2) is 74.2 Å². The predicted octanol–water partition coefficient (Wildman–Crippen LogP) is 1.04. The number of ether oxygens (including phenoxy) is 1. The highest BCUT2D eigenvalue weighted by Crippen LogP contribution is 2.23. The van der Waals surface area contributed by atoms with Gasteiger partial charge in [0.15, 0.2) is 0 Å². The van der Waals surface area contributed by atoms with Crippen LogP contribution in [0.4, 0.5) is 10.5 Å². The summed E-state index contributed by atoms with van der Waals surface area (Å²) < 4.78 is 5.14. The molecule has 0 aromatic heterocycles. The van der Waals surface area contributed by atoms with E-state index in [9.17, 15) is 9.59 Å². The Morgan fingerprint density at radius 2 is 2.07 bits per heavy atom. The van der Waals surface area contributed by atoms with Crippen LogP contribution in [0.3, 0.4) is 0 Å². The summed E-state index contributed by atoms with van der Waals surface area (Å²) in [5, 5.41) is 12.2. The quantitative estimate of drug-likeness (QED) is 0.724. The predicted molar refractivity (Wildman–Crippen MR) is 101 cm³/mol. The summed E-state index contributed by atoms with van der Waals surface area (Å²) in [4.78, 5) is 29.9. The first kappa shape index (κ1) is 19.0. The van der Waals surface area contributed by atoms with Gasteiger partial charge in [0.1, 0.15) is 11.8 Å². The normalized spacial score (nSPS) is 19.5. The molecule has 3 amide bonds. The van der Waals surface area contributed by atoms with Crippen LogP contribution in [0.25, 0.3) is 0 Å². The zero-order valence-corrected chi connectivity index (χ0v) is 15.6. The highest BCUT2D eigenvalue weighted by molar-refractivity contribution is 5.94. The van der Waals surface area contributed by atoms with E-state index in [0.717, 1.165) is 24.3 Å². The van der Waals surface area contributed by atoms with E-state index in [1.54, 1.807) is 21.8 Å². The fourth-order valence-corrected chi connectivity index (χ4v) is 3.50. The maximum absolute atomic E-state index is 12.6. The van der Waals surface area contributed by atoms with Gasteiger partial charge in [-0.1, -0.05) is 0 Å². The molecule has 2 heterocycles. The van der Waals surface area contributed by atoms with Crippen LogP contribution >= 0.6 is 0 Å². The third-order valence-electron chi connectivity index (χ3n) is 5.04. The van der Waals surface area contributed by atoms with E-state index in [4.69, 9.17) is 10.00 Å². The minimum atomic E-state index is -0.294. The van der Waals surface area contributed by atoms with Crippen molar-refractivity contribution in [1.29, 1.82) is 5.26 Å². The smallest absolute Gasteiger partial charge is 0.324 e. The molecule has 1 aromatic carbocycles. The zero-order valence-electron chi connectivity index (χ0n) is 15.6. The van der Waals surface area contributed by atoms with Crippen molar-refractivity contribution in [3.05, 3.63) is 24.3 Å². The molecule has 3 rings (SSSR count). The number of hydrogen-bond donors (Lipinski definition) is 1. The van der Waals surface area contributed by atoms with Crippen LogP contribution in [0, 0.1) is 11.3 Å². The fraction of sp³-hybridized carbons (Fsp3) is 0.526. The summed E-state index contributed by atoms with van der Waals surface area (Å²) in [6.07, 6.45) is 1.64. The summed E-state index contributed by atoms with van der Waals surface area (Å²) in [5.41, 5.74) is 0.850. The Kier molecular flexibility index (Phi) is 6.14. The fourth-order valence-electron chi connectivity index (χ4n) is 3.50. The molecule has 2 saturated heterocycles. The maximum Gasteiger partial charge on any atom is 0.324 e. The molecule has 1 atom stereocenters. The van der Waals surface area contributed by atoms with Crippen LogP contribution in [0.5, 0.6) is 5.75 Å². The van der Waals surface area contributed by atoms with Crippen molar-refractivity contribution in [3.8, 4) is 11.8 Å². The van der Waals surface area contributed by atoms with Gasteiger partial charge in [0.2, 0.25) is 5.91 Å². The van der Waals surface area contributed by atoms with E-state index in [1.807, 2.05) is 24.3 Å². The number of nitriles is 1. The van der Waals surface area contributed by atoms with E-state index in [1.165, 1.54) is 0 Å². The number of carbonyl (C=O) groups is 2. The molecule has 1 aromatic rings. The van der Waals surface area contributed by atoms with Crippen molar-refractivity contribution in [2.75, 3.05) is 51.3 Å². The number of rotatable bonds is 7. The van der Waals surface area contributed by atoms with E-state index < -0.39 is 0 Å². The largest absolute Gasteiger partial charge is 0.497 e. The maximum atomic E-state index is 12.6. The Hall–Kier alpha value is -2.79. The molecule has 2 aliphatic rings. The van der Waals surface area contributed by atoms with Crippen molar-refractivity contribution < 1.29 is 14.3 Å². The average Bonchev–Trinajstić information content (AvgIpc) is 3.32. The standard InChI is InChI=1S/C19H25N5O3/c1-27-17-6-4-15(5-7-17)24-12-11-22(19(24)26)10-8-21-14-18(25)23-9-2-3-16(23)13-20/h4-7,16,21H,2-3,8-12,14H2,1H3/t16-/m0/s1. The third-order valence-corrected chi connectivity index (χ3v) is 5.04. The SMILES string of the molecule is COc1ccc(N2CCN(CCNCC(=O)N3CCC[C@H]3C#N)C2=O)cc1. The molecule has 0 unspecified atom stereocenters. The lowest BCUT2D eigenvalue weighted by Crippen LogP contribution is -2.43. The zero-order chi connectivity index (χ0) is 19.2. The molecule has 0 spiro atoms. The van der Waals surface area contributed by atoms with Gasteiger partial charge in [0, 0.05) is 38.4 Å². The van der Waals surface area contributed by atoms with Crippen molar-refractivity contribution in [3.63, 3.8) is 0 Å². The number of methoxy groups -OCH3 is 1. The summed E-state index contributed by atoms with van der Waals surface area (Å²) in [7, 11) is 1.61. The lowest BCUT2D eigenvalue weighted by Gasteiger charge is -2.21. The molecular formula is C19H25N5O3. The molecule has 2 aliphatic heterocycles. The lowest BCUT2D eigenvalue weighted by molar-refractivity contribution is -0.130. The van der Waals surface area contributed by atoms with Crippen LogP contribution in [0.1, 0.15) is 12.8 Å². The molecular weight excluding hydrogens is 346 g/mol. The number of anilines is 1. The van der Waals surface area contributed by atoms with Gasteiger partial charge in [-0.05, 0) is 37.1 Å². The number of likely N-dealkylation sites (tertiary alicyclic amines) is 1. The molecule has 8 nitrogen and oxygen atoms in total. The molecule has 0 saturated carbocycles. The summed E-state index contributed by atoms with van der Waals surface area (Å²) in [6.45, 7) is 3.23. The van der Waals surface area contributed by atoms with Gasteiger partial charge < -0.3 is 19.9 Å². The van der Waals surface area contributed by atoms with Crippen LogP contribution < -0.4 is 15.0 Å². The van der Waals surface area contributed by atoms with Gasteiger partial charge >= 0.3 is 6.03 Å².